The van der Waals surface area contributed by atoms with E-state index in [2.05, 4.69) is 16.0 Å². The van der Waals surface area contributed by atoms with E-state index in [1.54, 1.807) is 0 Å². The van der Waals surface area contributed by atoms with Crippen molar-refractivity contribution in [2.45, 2.75) is 51.5 Å². The van der Waals surface area contributed by atoms with Crippen molar-refractivity contribution in [2.75, 3.05) is 44.7 Å². The summed E-state index contributed by atoms with van der Waals surface area (Å²) >= 11 is 0. The number of nitrogens with one attached hydrogen (secondary N) is 4. The lowest BCUT2D eigenvalue weighted by molar-refractivity contribution is -0.906. The number of rotatable bonds is 6. The fraction of sp³-hybridized carbons (Fsp3) is 0.636. The Labute approximate surface area is 173 Å². The van der Waals surface area contributed by atoms with Gasteiger partial charge >= 0.3 is 6.03 Å². The first kappa shape index (κ1) is 21.6. The van der Waals surface area contributed by atoms with Crippen LogP contribution in [0, 0.1) is 13.8 Å². The number of quaternary nitrogens is 1. The Balaban J connectivity index is 1.59. The molecule has 0 aromatic heterocycles. The molecule has 4 N–H and O–H groups in total. The molecule has 3 amide bonds. The number of carbonyl (C=O) groups is 2. The SMILES string of the molecule is Cc1cccc(C)c1NC(=O)NC1(C(=O)NCC[NH+]2CCOCC2)CCCCC1. The van der Waals surface area contributed by atoms with Crippen molar-refractivity contribution in [1.82, 2.24) is 10.6 Å². The highest BCUT2D eigenvalue weighted by Crippen LogP contribution is 2.29. The van der Waals surface area contributed by atoms with Gasteiger partial charge in [-0.15, -0.1) is 0 Å². The second-order valence-corrected chi connectivity index (χ2v) is 8.36. The van der Waals surface area contributed by atoms with E-state index in [4.69, 9.17) is 4.74 Å². The summed E-state index contributed by atoms with van der Waals surface area (Å²) in [5.74, 6) is -0.0542. The van der Waals surface area contributed by atoms with E-state index in [0.717, 1.165) is 68.9 Å². The molecule has 3 rings (SSSR count). The molecule has 7 heteroatoms. The molecule has 1 heterocycles. The van der Waals surface area contributed by atoms with Crippen LogP contribution in [0.4, 0.5) is 10.5 Å². The molecule has 2 fully saturated rings. The first-order valence-corrected chi connectivity index (χ1v) is 10.9. The third kappa shape index (κ3) is 5.70. The largest absolute Gasteiger partial charge is 0.370 e. The highest BCUT2D eigenvalue weighted by atomic mass is 16.5. The van der Waals surface area contributed by atoms with Crippen LogP contribution in [-0.2, 0) is 9.53 Å². The molecule has 2 aliphatic rings. The molecule has 1 aliphatic heterocycles. The van der Waals surface area contributed by atoms with Crippen LogP contribution in [0.3, 0.4) is 0 Å². The van der Waals surface area contributed by atoms with Gasteiger partial charge in [0, 0.05) is 5.69 Å². The Bertz CT molecular complexity index is 690. The minimum Gasteiger partial charge on any atom is -0.370 e. The Morgan fingerprint density at radius 3 is 2.38 bits per heavy atom. The second kappa shape index (κ2) is 10.1. The van der Waals surface area contributed by atoms with E-state index in [-0.39, 0.29) is 11.9 Å². The van der Waals surface area contributed by atoms with Gasteiger partial charge in [0.05, 0.1) is 26.3 Å². The molecule has 1 saturated heterocycles. The van der Waals surface area contributed by atoms with Gasteiger partial charge in [0.25, 0.3) is 0 Å². The van der Waals surface area contributed by atoms with Gasteiger partial charge in [-0.25, -0.2) is 4.79 Å². The predicted octanol–water partition coefficient (Wildman–Crippen LogP) is 1.16. The van der Waals surface area contributed by atoms with Crippen LogP contribution in [0.2, 0.25) is 0 Å². The first-order valence-electron chi connectivity index (χ1n) is 10.9. The Morgan fingerprint density at radius 2 is 1.72 bits per heavy atom. The maximum absolute atomic E-state index is 13.1. The van der Waals surface area contributed by atoms with Gasteiger partial charge in [-0.3, -0.25) is 4.79 Å². The standard InChI is InChI=1S/C22H34N4O3/c1-17-7-6-8-18(2)19(17)24-21(28)25-22(9-4-3-5-10-22)20(27)23-11-12-26-13-15-29-16-14-26/h6-8H,3-5,9-16H2,1-2H3,(H,23,27)(H2,24,25,28)/p+1. The van der Waals surface area contributed by atoms with E-state index in [9.17, 15) is 9.59 Å². The summed E-state index contributed by atoms with van der Waals surface area (Å²) in [5, 5.41) is 9.09. The molecule has 160 valence electrons. The third-order valence-corrected chi connectivity index (χ3v) is 6.18. The summed E-state index contributed by atoms with van der Waals surface area (Å²) in [5.41, 5.74) is 2.01. The summed E-state index contributed by atoms with van der Waals surface area (Å²) in [7, 11) is 0. The monoisotopic (exact) mass is 403 g/mol. The van der Waals surface area contributed by atoms with E-state index >= 15 is 0 Å². The van der Waals surface area contributed by atoms with E-state index in [1.165, 1.54) is 4.90 Å². The maximum atomic E-state index is 13.1. The number of carbonyl (C=O) groups excluding carboxylic acids is 2. The van der Waals surface area contributed by atoms with Gasteiger partial charge in [0.15, 0.2) is 0 Å². The lowest BCUT2D eigenvalue weighted by atomic mass is 9.81. The summed E-state index contributed by atoms with van der Waals surface area (Å²) in [6.07, 6.45) is 4.37. The smallest absolute Gasteiger partial charge is 0.320 e. The number of urea groups is 1. The fourth-order valence-electron chi connectivity index (χ4n) is 4.37. The fourth-order valence-corrected chi connectivity index (χ4v) is 4.37. The number of amides is 3. The molecule has 0 atom stereocenters. The first-order chi connectivity index (χ1) is 14.0. The Kier molecular flexibility index (Phi) is 7.50. The van der Waals surface area contributed by atoms with Crippen molar-refractivity contribution in [1.29, 1.82) is 0 Å². The van der Waals surface area contributed by atoms with Gasteiger partial charge < -0.3 is 25.6 Å². The van der Waals surface area contributed by atoms with Crippen molar-refractivity contribution in [2.24, 2.45) is 0 Å². The number of aryl methyl sites for hydroxylation is 2. The minimum atomic E-state index is -0.820. The maximum Gasteiger partial charge on any atom is 0.320 e. The number of morpholine rings is 1. The van der Waals surface area contributed by atoms with Crippen LogP contribution in [0.15, 0.2) is 18.2 Å². The molecule has 0 spiro atoms. The van der Waals surface area contributed by atoms with Gasteiger partial charge in [-0.2, -0.15) is 0 Å². The molecule has 7 nitrogen and oxygen atoms in total. The molecule has 29 heavy (non-hydrogen) atoms. The average molecular weight is 404 g/mol. The molecule has 1 aromatic rings. The van der Waals surface area contributed by atoms with Crippen molar-refractivity contribution in [3.8, 4) is 0 Å². The number of benzene rings is 1. The quantitative estimate of drug-likeness (QED) is 0.575. The molecule has 1 aliphatic carbocycles. The van der Waals surface area contributed by atoms with Crippen LogP contribution in [0.25, 0.3) is 0 Å². The second-order valence-electron chi connectivity index (χ2n) is 8.36. The molecule has 1 aromatic carbocycles. The normalized spacial score (nSPS) is 19.4. The Morgan fingerprint density at radius 1 is 1.07 bits per heavy atom. The lowest BCUT2D eigenvalue weighted by Crippen LogP contribution is -3.14. The van der Waals surface area contributed by atoms with Crippen LogP contribution in [0.1, 0.15) is 43.2 Å². The highest BCUT2D eigenvalue weighted by Gasteiger charge is 2.41. The number of hydrogen-bond donors (Lipinski definition) is 4. The van der Waals surface area contributed by atoms with Crippen molar-refractivity contribution in [3.05, 3.63) is 29.3 Å². The highest BCUT2D eigenvalue weighted by molar-refractivity contribution is 5.96. The van der Waals surface area contributed by atoms with Crippen molar-refractivity contribution in [3.63, 3.8) is 0 Å². The molecule has 0 unspecified atom stereocenters. The third-order valence-electron chi connectivity index (χ3n) is 6.18. The molecule has 0 bridgehead atoms. The topological polar surface area (TPSA) is 83.9 Å². The summed E-state index contributed by atoms with van der Waals surface area (Å²) in [4.78, 5) is 27.3. The van der Waals surface area contributed by atoms with E-state index in [0.29, 0.717) is 19.4 Å². The number of hydrogen-bond acceptors (Lipinski definition) is 3. The van der Waals surface area contributed by atoms with E-state index < -0.39 is 5.54 Å². The van der Waals surface area contributed by atoms with Crippen LogP contribution < -0.4 is 20.9 Å². The molecular formula is C22H35N4O3+. The van der Waals surface area contributed by atoms with Crippen molar-refractivity contribution >= 4 is 17.6 Å². The van der Waals surface area contributed by atoms with Crippen LogP contribution in [-0.4, -0.2) is 56.9 Å². The summed E-state index contributed by atoms with van der Waals surface area (Å²) in [6, 6.07) is 5.61. The zero-order chi connectivity index (χ0) is 20.7. The van der Waals surface area contributed by atoms with Crippen molar-refractivity contribution < 1.29 is 19.2 Å². The van der Waals surface area contributed by atoms with Gasteiger partial charge in [0.2, 0.25) is 5.91 Å². The minimum absolute atomic E-state index is 0.0542. The van der Waals surface area contributed by atoms with Gasteiger partial charge in [-0.1, -0.05) is 37.5 Å². The van der Waals surface area contributed by atoms with Gasteiger partial charge in [0.1, 0.15) is 18.6 Å². The number of anilines is 1. The van der Waals surface area contributed by atoms with Crippen LogP contribution in [0.5, 0.6) is 0 Å². The molecule has 1 saturated carbocycles. The summed E-state index contributed by atoms with van der Waals surface area (Å²) in [6.45, 7) is 8.99. The van der Waals surface area contributed by atoms with Crippen LogP contribution >= 0.6 is 0 Å². The number of para-hydroxylation sites is 1. The Hall–Kier alpha value is -2.12. The molecule has 0 radical (unpaired) electrons. The van der Waals surface area contributed by atoms with E-state index in [1.807, 2.05) is 32.0 Å². The summed E-state index contributed by atoms with van der Waals surface area (Å²) < 4.78 is 5.39. The zero-order valence-corrected chi connectivity index (χ0v) is 17.7. The average Bonchev–Trinajstić information content (AvgIpc) is 2.72. The zero-order valence-electron chi connectivity index (χ0n) is 17.7. The predicted molar refractivity (Wildman–Crippen MR) is 113 cm³/mol. The lowest BCUT2D eigenvalue weighted by Gasteiger charge is -2.36. The van der Waals surface area contributed by atoms with Gasteiger partial charge in [-0.05, 0) is 37.8 Å². The molecular weight excluding hydrogens is 368 g/mol. The number of ether oxygens (including phenoxy) is 1.